The summed E-state index contributed by atoms with van der Waals surface area (Å²) in [6, 6.07) is 8.04. The van der Waals surface area contributed by atoms with Crippen LogP contribution in [0.15, 0.2) is 24.3 Å². The van der Waals surface area contributed by atoms with Gasteiger partial charge in [0.2, 0.25) is 10.0 Å². The van der Waals surface area contributed by atoms with Crippen LogP contribution in [0.1, 0.15) is 31.9 Å². The minimum Gasteiger partial charge on any atom is -0.379 e. The third-order valence-electron chi connectivity index (χ3n) is 4.53. The summed E-state index contributed by atoms with van der Waals surface area (Å²) in [6.07, 6.45) is 0.726. The highest BCUT2D eigenvalue weighted by Crippen LogP contribution is 2.22. The van der Waals surface area contributed by atoms with E-state index in [0.717, 1.165) is 12.0 Å². The van der Waals surface area contributed by atoms with E-state index in [2.05, 4.69) is 55.7 Å². The first-order valence-corrected chi connectivity index (χ1v) is 11.0. The SMILES string of the molecule is CC(C)(C)c1ccc(CCNC(=O)NCCS(=O)(=O)N2CCOCC2)cc1. The van der Waals surface area contributed by atoms with Crippen LogP contribution < -0.4 is 10.6 Å². The summed E-state index contributed by atoms with van der Waals surface area (Å²) in [7, 11) is -3.35. The number of sulfonamides is 1. The molecule has 7 nitrogen and oxygen atoms in total. The zero-order valence-electron chi connectivity index (χ0n) is 16.5. The maximum absolute atomic E-state index is 12.2. The second-order valence-corrected chi connectivity index (χ2v) is 9.80. The van der Waals surface area contributed by atoms with E-state index < -0.39 is 10.0 Å². The second kappa shape index (κ2) is 9.52. The lowest BCUT2D eigenvalue weighted by molar-refractivity contribution is 0.0730. The smallest absolute Gasteiger partial charge is 0.314 e. The maximum atomic E-state index is 12.2. The van der Waals surface area contributed by atoms with E-state index in [1.165, 1.54) is 9.87 Å². The second-order valence-electron chi connectivity index (χ2n) is 7.71. The van der Waals surface area contributed by atoms with Crippen LogP contribution in [0.3, 0.4) is 0 Å². The molecule has 0 unspecified atom stereocenters. The van der Waals surface area contributed by atoms with Crippen molar-refractivity contribution in [3.8, 4) is 0 Å². The number of carbonyl (C=O) groups excluding carboxylic acids is 1. The van der Waals surface area contributed by atoms with Crippen molar-refractivity contribution in [1.82, 2.24) is 14.9 Å². The number of carbonyl (C=O) groups is 1. The van der Waals surface area contributed by atoms with Crippen LogP contribution in [-0.4, -0.2) is 63.9 Å². The highest BCUT2D eigenvalue weighted by molar-refractivity contribution is 7.89. The Bertz CT molecular complexity index is 705. The predicted molar refractivity (Wildman–Crippen MR) is 106 cm³/mol. The first-order chi connectivity index (χ1) is 12.7. The van der Waals surface area contributed by atoms with Gasteiger partial charge >= 0.3 is 6.03 Å². The predicted octanol–water partition coefficient (Wildman–Crippen LogP) is 1.49. The molecule has 2 rings (SSSR count). The Balaban J connectivity index is 1.66. The van der Waals surface area contributed by atoms with Crippen LogP contribution in [0.5, 0.6) is 0 Å². The number of nitrogens with one attached hydrogen (secondary N) is 2. The van der Waals surface area contributed by atoms with E-state index in [0.29, 0.717) is 32.8 Å². The number of hydrogen-bond acceptors (Lipinski definition) is 4. The summed E-state index contributed by atoms with van der Waals surface area (Å²) >= 11 is 0. The standard InChI is InChI=1S/C19H31N3O4S/c1-19(2,3)17-6-4-16(5-7-17)8-9-20-18(23)21-10-15-27(24,25)22-11-13-26-14-12-22/h4-7H,8-15H2,1-3H3,(H2,20,21,23). The summed E-state index contributed by atoms with van der Waals surface area (Å²) in [6.45, 7) is 8.70. The van der Waals surface area contributed by atoms with Crippen LogP contribution in [0.2, 0.25) is 0 Å². The minimum atomic E-state index is -3.35. The maximum Gasteiger partial charge on any atom is 0.314 e. The van der Waals surface area contributed by atoms with Crippen molar-refractivity contribution < 1.29 is 17.9 Å². The van der Waals surface area contributed by atoms with Gasteiger partial charge < -0.3 is 15.4 Å². The minimum absolute atomic E-state index is 0.0891. The quantitative estimate of drug-likeness (QED) is 0.730. The molecule has 1 saturated heterocycles. The van der Waals surface area contributed by atoms with Gasteiger partial charge in [0.25, 0.3) is 0 Å². The third kappa shape index (κ3) is 7.12. The fourth-order valence-electron chi connectivity index (χ4n) is 2.80. The van der Waals surface area contributed by atoms with Crippen LogP contribution in [0.25, 0.3) is 0 Å². The summed E-state index contributed by atoms with van der Waals surface area (Å²) in [5, 5.41) is 5.37. The first-order valence-electron chi connectivity index (χ1n) is 9.35. The van der Waals surface area contributed by atoms with Crippen LogP contribution in [0, 0.1) is 0 Å². The average Bonchev–Trinajstić information content (AvgIpc) is 2.62. The lowest BCUT2D eigenvalue weighted by Crippen LogP contribution is -2.45. The number of ether oxygens (including phenoxy) is 1. The Hall–Kier alpha value is -1.64. The van der Waals surface area contributed by atoms with Crippen LogP contribution in [0.4, 0.5) is 4.79 Å². The number of benzene rings is 1. The molecule has 0 radical (unpaired) electrons. The van der Waals surface area contributed by atoms with Gasteiger partial charge in [-0.15, -0.1) is 0 Å². The molecule has 0 bridgehead atoms. The van der Waals surface area contributed by atoms with E-state index in [1.54, 1.807) is 0 Å². The zero-order chi connectivity index (χ0) is 19.9. The topological polar surface area (TPSA) is 87.7 Å². The number of amides is 2. The van der Waals surface area contributed by atoms with E-state index in [-0.39, 0.29) is 23.7 Å². The average molecular weight is 398 g/mol. The monoisotopic (exact) mass is 397 g/mol. The molecule has 1 fully saturated rings. The van der Waals surface area contributed by atoms with Gasteiger partial charge in [0.05, 0.1) is 19.0 Å². The third-order valence-corrected chi connectivity index (χ3v) is 6.40. The fourth-order valence-corrected chi connectivity index (χ4v) is 4.13. The molecule has 0 atom stereocenters. The summed E-state index contributed by atoms with van der Waals surface area (Å²) in [4.78, 5) is 11.8. The molecule has 27 heavy (non-hydrogen) atoms. The van der Waals surface area contributed by atoms with Gasteiger partial charge in [0.15, 0.2) is 0 Å². The van der Waals surface area contributed by atoms with E-state index in [4.69, 9.17) is 4.74 Å². The fraction of sp³-hybridized carbons (Fsp3) is 0.632. The number of nitrogens with zero attached hydrogens (tertiary/aromatic N) is 1. The van der Waals surface area contributed by atoms with Gasteiger partial charge in [-0.05, 0) is 23.0 Å². The van der Waals surface area contributed by atoms with Crippen LogP contribution in [-0.2, 0) is 26.6 Å². The lowest BCUT2D eigenvalue weighted by Gasteiger charge is -2.26. The molecular formula is C19H31N3O4S. The van der Waals surface area contributed by atoms with Crippen molar-refractivity contribution in [2.24, 2.45) is 0 Å². The number of morpholine rings is 1. The van der Waals surface area contributed by atoms with Crippen LogP contribution >= 0.6 is 0 Å². The van der Waals surface area contributed by atoms with E-state index in [9.17, 15) is 13.2 Å². The summed E-state index contributed by atoms with van der Waals surface area (Å²) in [5.41, 5.74) is 2.55. The van der Waals surface area contributed by atoms with Crippen molar-refractivity contribution in [2.45, 2.75) is 32.6 Å². The normalized spacial score (nSPS) is 16.1. The molecule has 0 aromatic heterocycles. The Labute approximate surface area is 162 Å². The largest absolute Gasteiger partial charge is 0.379 e. The summed E-state index contributed by atoms with van der Waals surface area (Å²) < 4.78 is 30.9. The molecule has 1 aromatic carbocycles. The molecular weight excluding hydrogens is 366 g/mol. The zero-order valence-corrected chi connectivity index (χ0v) is 17.3. The molecule has 1 aliphatic rings. The van der Waals surface area contributed by atoms with E-state index >= 15 is 0 Å². The molecule has 0 aliphatic carbocycles. The lowest BCUT2D eigenvalue weighted by atomic mass is 9.86. The van der Waals surface area contributed by atoms with E-state index in [1.807, 2.05) is 0 Å². The molecule has 2 amide bonds. The Morgan fingerprint density at radius 1 is 1.07 bits per heavy atom. The highest BCUT2D eigenvalue weighted by atomic mass is 32.2. The molecule has 0 saturated carbocycles. The van der Waals surface area contributed by atoms with Gasteiger partial charge in [0.1, 0.15) is 0 Å². The van der Waals surface area contributed by atoms with Crippen molar-refractivity contribution in [3.05, 3.63) is 35.4 Å². The Morgan fingerprint density at radius 2 is 1.67 bits per heavy atom. The summed E-state index contributed by atoms with van der Waals surface area (Å²) in [5.74, 6) is -0.102. The molecule has 1 aliphatic heterocycles. The molecule has 152 valence electrons. The van der Waals surface area contributed by atoms with Gasteiger partial charge in [-0.1, -0.05) is 45.0 Å². The molecule has 1 heterocycles. The van der Waals surface area contributed by atoms with Gasteiger partial charge in [0, 0.05) is 26.2 Å². The van der Waals surface area contributed by atoms with Crippen molar-refractivity contribution >= 4 is 16.1 Å². The molecule has 2 N–H and O–H groups in total. The Kier molecular flexibility index (Phi) is 7.64. The first kappa shape index (κ1) is 21.7. The highest BCUT2D eigenvalue weighted by Gasteiger charge is 2.23. The van der Waals surface area contributed by atoms with Crippen molar-refractivity contribution in [3.63, 3.8) is 0 Å². The number of urea groups is 1. The van der Waals surface area contributed by atoms with Crippen molar-refractivity contribution in [1.29, 1.82) is 0 Å². The van der Waals surface area contributed by atoms with Gasteiger partial charge in [-0.3, -0.25) is 0 Å². The Morgan fingerprint density at radius 3 is 2.26 bits per heavy atom. The van der Waals surface area contributed by atoms with Crippen molar-refractivity contribution in [2.75, 3.05) is 45.1 Å². The van der Waals surface area contributed by atoms with Gasteiger partial charge in [-0.2, -0.15) is 4.31 Å². The number of rotatable bonds is 7. The number of hydrogen-bond donors (Lipinski definition) is 2. The molecule has 1 aromatic rings. The van der Waals surface area contributed by atoms with Gasteiger partial charge in [-0.25, -0.2) is 13.2 Å². The molecule has 8 heteroatoms. The molecule has 0 spiro atoms.